The fourth-order valence-corrected chi connectivity index (χ4v) is 1.98. The number of alkyl halides is 3. The summed E-state index contributed by atoms with van der Waals surface area (Å²) in [6.45, 7) is 1.91. The molecule has 2 rings (SSSR count). The Balaban J connectivity index is 2.44. The predicted octanol–water partition coefficient (Wildman–Crippen LogP) is 4.64. The van der Waals surface area contributed by atoms with E-state index in [0.717, 1.165) is 11.6 Å². The molecule has 0 amide bonds. The number of carbonyl (C=O) groups is 1. The lowest BCUT2D eigenvalue weighted by Gasteiger charge is -2.10. The third kappa shape index (κ3) is 3.29. The van der Waals surface area contributed by atoms with E-state index in [9.17, 15) is 22.4 Å². The Morgan fingerprint density at radius 1 is 1.05 bits per heavy atom. The van der Waals surface area contributed by atoms with Gasteiger partial charge in [0.2, 0.25) is 0 Å². The van der Waals surface area contributed by atoms with Gasteiger partial charge in [-0.3, -0.25) is 4.79 Å². The average Bonchev–Trinajstić information content (AvgIpc) is 2.46. The van der Waals surface area contributed by atoms with Crippen LogP contribution in [0.3, 0.4) is 0 Å². The summed E-state index contributed by atoms with van der Waals surface area (Å²) in [4.78, 5) is 12.2. The molecule has 21 heavy (non-hydrogen) atoms. The molecule has 0 aliphatic heterocycles. The zero-order chi connectivity index (χ0) is 15.6. The molecular formula is C16H12F4O. The molecule has 5 heteroatoms. The topological polar surface area (TPSA) is 17.1 Å². The maximum Gasteiger partial charge on any atom is 0.419 e. The van der Waals surface area contributed by atoms with E-state index in [0.29, 0.717) is 18.6 Å². The van der Waals surface area contributed by atoms with Gasteiger partial charge in [-0.05, 0) is 36.2 Å². The summed E-state index contributed by atoms with van der Waals surface area (Å²) in [5.41, 5.74) is -0.426. The van der Waals surface area contributed by atoms with Gasteiger partial charge in [-0.2, -0.15) is 13.2 Å². The van der Waals surface area contributed by atoms with Gasteiger partial charge in [-0.15, -0.1) is 0 Å². The first kappa shape index (κ1) is 15.2. The van der Waals surface area contributed by atoms with Crippen LogP contribution in [0.15, 0.2) is 42.5 Å². The second kappa shape index (κ2) is 5.68. The van der Waals surface area contributed by atoms with E-state index in [2.05, 4.69) is 0 Å². The number of halogens is 4. The molecule has 0 aliphatic carbocycles. The molecule has 0 saturated heterocycles. The van der Waals surface area contributed by atoms with Crippen molar-refractivity contribution in [3.05, 3.63) is 70.5 Å². The highest BCUT2D eigenvalue weighted by molar-refractivity contribution is 6.09. The van der Waals surface area contributed by atoms with Gasteiger partial charge in [0, 0.05) is 11.1 Å². The summed E-state index contributed by atoms with van der Waals surface area (Å²) < 4.78 is 51.2. The van der Waals surface area contributed by atoms with Crippen molar-refractivity contribution in [1.29, 1.82) is 0 Å². The minimum absolute atomic E-state index is 0.183. The van der Waals surface area contributed by atoms with Crippen LogP contribution in [0, 0.1) is 5.82 Å². The standard InChI is InChI=1S/C16H12F4O/c1-2-10-4-3-5-11(8-10)15(21)12-6-7-14(17)13(9-12)16(18,19)20/h3-9H,2H2,1H3. The van der Waals surface area contributed by atoms with Crippen molar-refractivity contribution in [1.82, 2.24) is 0 Å². The van der Waals surface area contributed by atoms with Crippen LogP contribution in [-0.2, 0) is 12.6 Å². The van der Waals surface area contributed by atoms with Crippen molar-refractivity contribution in [2.24, 2.45) is 0 Å². The lowest BCUT2D eigenvalue weighted by atomic mass is 9.99. The predicted molar refractivity (Wildman–Crippen MR) is 70.7 cm³/mol. The molecule has 110 valence electrons. The molecule has 0 radical (unpaired) electrons. The molecule has 0 bridgehead atoms. The van der Waals surface area contributed by atoms with Crippen molar-refractivity contribution in [2.75, 3.05) is 0 Å². The fourth-order valence-electron chi connectivity index (χ4n) is 1.98. The quantitative estimate of drug-likeness (QED) is 0.596. The molecule has 2 aromatic rings. The lowest BCUT2D eigenvalue weighted by molar-refractivity contribution is -0.140. The number of hydrogen-bond acceptors (Lipinski definition) is 1. The number of benzene rings is 2. The number of rotatable bonds is 3. The number of hydrogen-bond donors (Lipinski definition) is 0. The molecule has 0 spiro atoms. The first-order valence-corrected chi connectivity index (χ1v) is 6.33. The minimum atomic E-state index is -4.83. The van der Waals surface area contributed by atoms with Gasteiger partial charge in [0.05, 0.1) is 5.56 Å². The average molecular weight is 296 g/mol. The van der Waals surface area contributed by atoms with Crippen molar-refractivity contribution in [3.8, 4) is 0 Å². The molecule has 0 unspecified atom stereocenters. The van der Waals surface area contributed by atoms with Crippen LogP contribution in [0.4, 0.5) is 17.6 Å². The van der Waals surface area contributed by atoms with Crippen molar-refractivity contribution in [3.63, 3.8) is 0 Å². The monoisotopic (exact) mass is 296 g/mol. The summed E-state index contributed by atoms with van der Waals surface area (Å²) in [5, 5.41) is 0. The Morgan fingerprint density at radius 3 is 2.33 bits per heavy atom. The first-order valence-electron chi connectivity index (χ1n) is 6.33. The molecule has 0 fully saturated rings. The van der Waals surface area contributed by atoms with E-state index in [-0.39, 0.29) is 11.1 Å². The first-order chi connectivity index (χ1) is 9.82. The highest BCUT2D eigenvalue weighted by atomic mass is 19.4. The smallest absolute Gasteiger partial charge is 0.289 e. The Labute approximate surface area is 119 Å². The van der Waals surface area contributed by atoms with Crippen LogP contribution >= 0.6 is 0 Å². The van der Waals surface area contributed by atoms with Crippen LogP contribution in [0.2, 0.25) is 0 Å². The Kier molecular flexibility index (Phi) is 4.11. The fraction of sp³-hybridized carbons (Fsp3) is 0.188. The van der Waals surface area contributed by atoms with E-state index >= 15 is 0 Å². The Morgan fingerprint density at radius 2 is 1.71 bits per heavy atom. The zero-order valence-corrected chi connectivity index (χ0v) is 11.2. The summed E-state index contributed by atoms with van der Waals surface area (Å²) >= 11 is 0. The second-order valence-corrected chi connectivity index (χ2v) is 4.58. The largest absolute Gasteiger partial charge is 0.419 e. The third-order valence-corrected chi connectivity index (χ3v) is 3.13. The second-order valence-electron chi connectivity index (χ2n) is 4.58. The SMILES string of the molecule is CCc1cccc(C(=O)c2ccc(F)c(C(F)(F)F)c2)c1. The number of carbonyl (C=O) groups excluding carboxylic acids is 1. The molecule has 0 N–H and O–H groups in total. The molecule has 0 aromatic heterocycles. The van der Waals surface area contributed by atoms with E-state index in [1.807, 2.05) is 13.0 Å². The Bertz CT molecular complexity index is 674. The van der Waals surface area contributed by atoms with E-state index in [4.69, 9.17) is 0 Å². The van der Waals surface area contributed by atoms with Crippen LogP contribution in [0.25, 0.3) is 0 Å². The van der Waals surface area contributed by atoms with Gasteiger partial charge in [-0.25, -0.2) is 4.39 Å². The summed E-state index contributed by atoms with van der Waals surface area (Å²) in [6.07, 6.45) is -4.12. The zero-order valence-electron chi connectivity index (χ0n) is 11.2. The highest BCUT2D eigenvalue weighted by Gasteiger charge is 2.34. The summed E-state index contributed by atoms with van der Waals surface area (Å²) in [7, 11) is 0. The summed E-state index contributed by atoms with van der Waals surface area (Å²) in [5.74, 6) is -1.95. The molecule has 2 aromatic carbocycles. The maximum atomic E-state index is 13.2. The molecule has 0 aliphatic rings. The van der Waals surface area contributed by atoms with E-state index < -0.39 is 23.3 Å². The van der Waals surface area contributed by atoms with Crippen molar-refractivity contribution >= 4 is 5.78 Å². The van der Waals surface area contributed by atoms with Gasteiger partial charge >= 0.3 is 6.18 Å². The van der Waals surface area contributed by atoms with E-state index in [1.54, 1.807) is 12.1 Å². The third-order valence-electron chi connectivity index (χ3n) is 3.13. The van der Waals surface area contributed by atoms with Gasteiger partial charge < -0.3 is 0 Å². The summed E-state index contributed by atoms with van der Waals surface area (Å²) in [6, 6.07) is 8.92. The van der Waals surface area contributed by atoms with Crippen molar-refractivity contribution in [2.45, 2.75) is 19.5 Å². The van der Waals surface area contributed by atoms with Gasteiger partial charge in [-0.1, -0.05) is 25.1 Å². The number of aryl methyl sites for hydroxylation is 1. The minimum Gasteiger partial charge on any atom is -0.289 e. The van der Waals surface area contributed by atoms with Crippen LogP contribution in [0.5, 0.6) is 0 Å². The maximum absolute atomic E-state index is 13.2. The lowest BCUT2D eigenvalue weighted by Crippen LogP contribution is -2.11. The molecule has 0 atom stereocenters. The Hall–Kier alpha value is -2.17. The van der Waals surface area contributed by atoms with Gasteiger partial charge in [0.15, 0.2) is 5.78 Å². The molecule has 0 saturated carbocycles. The van der Waals surface area contributed by atoms with E-state index in [1.165, 1.54) is 6.07 Å². The van der Waals surface area contributed by atoms with Gasteiger partial charge in [0.1, 0.15) is 5.82 Å². The molecule has 1 nitrogen and oxygen atoms in total. The molecular weight excluding hydrogens is 284 g/mol. The van der Waals surface area contributed by atoms with Crippen LogP contribution < -0.4 is 0 Å². The highest BCUT2D eigenvalue weighted by Crippen LogP contribution is 2.32. The normalized spacial score (nSPS) is 11.5. The van der Waals surface area contributed by atoms with Crippen LogP contribution in [0.1, 0.15) is 34.0 Å². The van der Waals surface area contributed by atoms with Crippen molar-refractivity contribution < 1.29 is 22.4 Å². The van der Waals surface area contributed by atoms with Gasteiger partial charge in [0.25, 0.3) is 0 Å². The molecule has 0 heterocycles. The number of ketones is 1. The van der Waals surface area contributed by atoms with Crippen LogP contribution in [-0.4, -0.2) is 5.78 Å².